The van der Waals surface area contributed by atoms with E-state index >= 15 is 0 Å². The second-order valence-corrected chi connectivity index (χ2v) is 8.89. The molecule has 0 saturated carbocycles. The van der Waals surface area contributed by atoms with Crippen molar-refractivity contribution in [3.8, 4) is 0 Å². The van der Waals surface area contributed by atoms with Crippen molar-refractivity contribution >= 4 is 40.6 Å². The zero-order valence-corrected chi connectivity index (χ0v) is 18.9. The minimum Gasteiger partial charge on any atom is -0.378 e. The second-order valence-electron chi connectivity index (χ2n) is 7.82. The van der Waals surface area contributed by atoms with Crippen LogP contribution < -0.4 is 15.1 Å². The average molecular weight is 426 g/mol. The Kier molecular flexibility index (Phi) is 7.80. The number of hydrogen-bond acceptors (Lipinski definition) is 4. The fraction of sp³-hybridized carbons (Fsp3) is 0.417. The molecule has 2 aromatic carbocycles. The van der Waals surface area contributed by atoms with E-state index in [1.807, 2.05) is 72.4 Å². The molecule has 1 aliphatic rings. The highest BCUT2D eigenvalue weighted by Crippen LogP contribution is 2.42. The largest absolute Gasteiger partial charge is 0.378 e. The topological polar surface area (TPSA) is 52.7 Å². The summed E-state index contributed by atoms with van der Waals surface area (Å²) in [5, 5.41) is 2.92. The van der Waals surface area contributed by atoms with E-state index in [0.29, 0.717) is 12.2 Å². The third-order valence-electron chi connectivity index (χ3n) is 5.23. The van der Waals surface area contributed by atoms with Crippen molar-refractivity contribution in [1.82, 2.24) is 0 Å². The standard InChI is InChI=1S/C24H31N3O2S/c1-4-5-6-7-11-22(28)25-19-10-8-9-18(16-19)24-27(23(29)17-30-24)21-14-12-20(13-15-21)26(2)3/h8-10,12-16,24H,4-7,11,17H2,1-3H3,(H,25,28). The van der Waals surface area contributed by atoms with Crippen molar-refractivity contribution in [3.63, 3.8) is 0 Å². The lowest BCUT2D eigenvalue weighted by Gasteiger charge is -2.25. The van der Waals surface area contributed by atoms with Crippen LogP contribution in [0.15, 0.2) is 48.5 Å². The summed E-state index contributed by atoms with van der Waals surface area (Å²) in [5.41, 5.74) is 3.80. The van der Waals surface area contributed by atoms with Gasteiger partial charge < -0.3 is 10.2 Å². The maximum absolute atomic E-state index is 12.6. The Morgan fingerprint density at radius 3 is 2.60 bits per heavy atom. The third-order valence-corrected chi connectivity index (χ3v) is 6.44. The van der Waals surface area contributed by atoms with Gasteiger partial charge in [-0.3, -0.25) is 14.5 Å². The van der Waals surface area contributed by atoms with Gasteiger partial charge >= 0.3 is 0 Å². The molecule has 0 spiro atoms. The van der Waals surface area contributed by atoms with Crippen molar-refractivity contribution in [2.45, 2.75) is 44.4 Å². The van der Waals surface area contributed by atoms with E-state index in [1.54, 1.807) is 11.8 Å². The monoisotopic (exact) mass is 425 g/mol. The first-order chi connectivity index (χ1) is 14.5. The number of hydrogen-bond donors (Lipinski definition) is 1. The van der Waals surface area contributed by atoms with Gasteiger partial charge in [-0.15, -0.1) is 11.8 Å². The smallest absolute Gasteiger partial charge is 0.238 e. The Balaban J connectivity index is 1.72. The molecule has 1 atom stereocenters. The van der Waals surface area contributed by atoms with E-state index in [1.165, 1.54) is 6.42 Å². The van der Waals surface area contributed by atoms with Crippen LogP contribution in [-0.2, 0) is 9.59 Å². The lowest BCUT2D eigenvalue weighted by atomic mass is 10.1. The van der Waals surface area contributed by atoms with E-state index in [-0.39, 0.29) is 17.2 Å². The summed E-state index contributed by atoms with van der Waals surface area (Å²) in [6, 6.07) is 15.9. The molecule has 2 amide bonds. The number of nitrogens with zero attached hydrogens (tertiary/aromatic N) is 2. The molecule has 3 rings (SSSR count). The molecule has 5 nitrogen and oxygen atoms in total. The van der Waals surface area contributed by atoms with Gasteiger partial charge in [-0.05, 0) is 48.4 Å². The number of thioether (sulfide) groups is 1. The molecular weight excluding hydrogens is 394 g/mol. The highest BCUT2D eigenvalue weighted by atomic mass is 32.2. The van der Waals surface area contributed by atoms with Gasteiger partial charge in [0.25, 0.3) is 0 Å². The van der Waals surface area contributed by atoms with Crippen LogP contribution in [0.1, 0.15) is 50.0 Å². The first-order valence-corrected chi connectivity index (χ1v) is 11.7. The van der Waals surface area contributed by atoms with Crippen molar-refractivity contribution in [2.24, 2.45) is 0 Å². The Morgan fingerprint density at radius 2 is 1.90 bits per heavy atom. The molecule has 160 valence electrons. The van der Waals surface area contributed by atoms with Crippen molar-refractivity contribution in [3.05, 3.63) is 54.1 Å². The normalized spacial score (nSPS) is 16.0. The molecule has 1 N–H and O–H groups in total. The number of benzene rings is 2. The van der Waals surface area contributed by atoms with E-state index in [0.717, 1.165) is 41.9 Å². The lowest BCUT2D eigenvalue weighted by Crippen LogP contribution is -2.27. The number of rotatable bonds is 9. The molecule has 6 heteroatoms. The molecule has 30 heavy (non-hydrogen) atoms. The fourth-order valence-corrected chi connectivity index (χ4v) is 4.73. The van der Waals surface area contributed by atoms with E-state index < -0.39 is 0 Å². The number of anilines is 3. The molecule has 0 radical (unpaired) electrons. The van der Waals surface area contributed by atoms with Crippen LogP contribution in [0.25, 0.3) is 0 Å². The summed E-state index contributed by atoms with van der Waals surface area (Å²) in [4.78, 5) is 28.8. The minimum atomic E-state index is -0.0934. The lowest BCUT2D eigenvalue weighted by molar-refractivity contribution is -0.117. The average Bonchev–Trinajstić information content (AvgIpc) is 3.13. The molecule has 0 aliphatic carbocycles. The van der Waals surface area contributed by atoms with Crippen molar-refractivity contribution in [2.75, 3.05) is 35.0 Å². The number of unbranched alkanes of at least 4 members (excludes halogenated alkanes) is 3. The predicted molar refractivity (Wildman–Crippen MR) is 127 cm³/mol. The molecule has 1 saturated heterocycles. The first-order valence-electron chi connectivity index (χ1n) is 10.6. The molecule has 2 aromatic rings. The van der Waals surface area contributed by atoms with Gasteiger partial charge in [0.05, 0.1) is 5.75 Å². The Labute approximate surface area is 183 Å². The maximum Gasteiger partial charge on any atom is 0.238 e. The summed E-state index contributed by atoms with van der Waals surface area (Å²) in [6.07, 6.45) is 4.89. The Hall–Kier alpha value is -2.47. The van der Waals surface area contributed by atoms with Crippen molar-refractivity contribution < 1.29 is 9.59 Å². The van der Waals surface area contributed by atoms with Crippen LogP contribution in [-0.4, -0.2) is 31.7 Å². The van der Waals surface area contributed by atoms with Crippen LogP contribution in [0.5, 0.6) is 0 Å². The summed E-state index contributed by atoms with van der Waals surface area (Å²) in [7, 11) is 4.00. The molecule has 1 heterocycles. The second kappa shape index (κ2) is 10.5. The predicted octanol–water partition coefficient (Wildman–Crippen LogP) is 5.44. The highest BCUT2D eigenvalue weighted by molar-refractivity contribution is 8.00. The van der Waals surface area contributed by atoms with Crippen LogP contribution in [0.3, 0.4) is 0 Å². The van der Waals surface area contributed by atoms with Gasteiger partial charge in [0.1, 0.15) is 5.37 Å². The zero-order valence-electron chi connectivity index (χ0n) is 18.1. The van der Waals surface area contributed by atoms with E-state index in [4.69, 9.17) is 0 Å². The van der Waals surface area contributed by atoms with E-state index in [2.05, 4.69) is 12.2 Å². The van der Waals surface area contributed by atoms with Gasteiger partial charge in [-0.25, -0.2) is 0 Å². The van der Waals surface area contributed by atoms with Gasteiger partial charge in [0, 0.05) is 37.6 Å². The zero-order chi connectivity index (χ0) is 21.5. The van der Waals surface area contributed by atoms with Gasteiger partial charge in [0.2, 0.25) is 11.8 Å². The molecule has 0 bridgehead atoms. The summed E-state index contributed by atoms with van der Waals surface area (Å²) >= 11 is 1.62. The first kappa shape index (κ1) is 22.2. The maximum atomic E-state index is 12.6. The van der Waals surface area contributed by atoms with Crippen LogP contribution in [0, 0.1) is 0 Å². The van der Waals surface area contributed by atoms with Crippen LogP contribution in [0.2, 0.25) is 0 Å². The van der Waals surface area contributed by atoms with Gasteiger partial charge in [-0.1, -0.05) is 38.3 Å². The fourth-order valence-electron chi connectivity index (χ4n) is 3.57. The summed E-state index contributed by atoms with van der Waals surface area (Å²) < 4.78 is 0. The number of amides is 2. The Bertz CT molecular complexity index is 867. The summed E-state index contributed by atoms with van der Waals surface area (Å²) in [5.74, 6) is 0.608. The molecular formula is C24H31N3O2S. The minimum absolute atomic E-state index is 0.0505. The van der Waals surface area contributed by atoms with Crippen molar-refractivity contribution in [1.29, 1.82) is 0 Å². The van der Waals surface area contributed by atoms with Gasteiger partial charge in [-0.2, -0.15) is 0 Å². The third kappa shape index (κ3) is 5.57. The molecule has 1 unspecified atom stereocenters. The molecule has 1 fully saturated rings. The quantitative estimate of drug-likeness (QED) is 0.544. The number of carbonyl (C=O) groups excluding carboxylic acids is 2. The number of nitrogens with one attached hydrogen (secondary N) is 1. The van der Waals surface area contributed by atoms with Gasteiger partial charge in [0.15, 0.2) is 0 Å². The molecule has 0 aromatic heterocycles. The van der Waals surface area contributed by atoms with E-state index in [9.17, 15) is 9.59 Å². The van der Waals surface area contributed by atoms with Crippen LogP contribution in [0.4, 0.5) is 17.1 Å². The summed E-state index contributed by atoms with van der Waals surface area (Å²) in [6.45, 7) is 2.16. The molecule has 1 aliphatic heterocycles. The highest BCUT2D eigenvalue weighted by Gasteiger charge is 2.34. The number of carbonyl (C=O) groups is 2. The Morgan fingerprint density at radius 1 is 1.13 bits per heavy atom. The van der Waals surface area contributed by atoms with Crippen LogP contribution >= 0.6 is 11.8 Å². The SMILES string of the molecule is CCCCCCC(=O)Nc1cccc(C2SCC(=O)N2c2ccc(N(C)C)cc2)c1.